The summed E-state index contributed by atoms with van der Waals surface area (Å²) in [5, 5.41) is 3.56. The Labute approximate surface area is 179 Å². The number of nitrogens with one attached hydrogen (secondary N) is 2. The molecule has 6 nitrogen and oxygen atoms in total. The van der Waals surface area contributed by atoms with Crippen molar-refractivity contribution < 1.29 is 18.3 Å². The zero-order valence-corrected chi connectivity index (χ0v) is 17.1. The number of amides is 2. The smallest absolute Gasteiger partial charge is 0.322 e. The van der Waals surface area contributed by atoms with Crippen LogP contribution in [0.2, 0.25) is 10.0 Å². The van der Waals surface area contributed by atoms with E-state index in [1.807, 2.05) is 0 Å². The maximum atomic E-state index is 14.0. The molecule has 2 amide bonds. The number of fused-ring (bicyclic) bond motifs is 3. The number of urea groups is 1. The van der Waals surface area contributed by atoms with Crippen molar-refractivity contribution in [2.45, 2.75) is 12.6 Å². The van der Waals surface area contributed by atoms with E-state index in [2.05, 4.69) is 10.3 Å². The molecule has 0 radical (unpaired) electrons. The number of halogens is 4. The van der Waals surface area contributed by atoms with E-state index in [0.717, 1.165) is 12.1 Å². The third kappa shape index (κ3) is 3.62. The Kier molecular flexibility index (Phi) is 5.40. The first-order chi connectivity index (χ1) is 14.3. The standard InChI is InChI=1S/C20H15Cl2F2N3O3/c1-27(20(29)25-9-2-3-12(21)13(22)4-9)17-8-30-7-16-18(17)10-5-14(23)15(24)6-11(10)19(28)26-16/h2-6,17H,7-8H2,1H3,(H,25,29)(H,26,28)/t17-/m0/s1. The predicted molar refractivity (Wildman–Crippen MR) is 110 cm³/mol. The van der Waals surface area contributed by atoms with Gasteiger partial charge in [-0.3, -0.25) is 4.79 Å². The summed E-state index contributed by atoms with van der Waals surface area (Å²) < 4.78 is 33.2. The lowest BCUT2D eigenvalue weighted by Crippen LogP contribution is -2.39. The molecule has 0 unspecified atom stereocenters. The molecule has 0 bridgehead atoms. The third-order valence-corrected chi connectivity index (χ3v) is 5.74. The molecule has 0 fully saturated rings. The predicted octanol–water partition coefficient (Wildman–Crippen LogP) is 4.85. The van der Waals surface area contributed by atoms with E-state index >= 15 is 0 Å². The van der Waals surface area contributed by atoms with Gasteiger partial charge in [0.2, 0.25) is 0 Å². The number of aromatic amines is 1. The van der Waals surface area contributed by atoms with Gasteiger partial charge >= 0.3 is 6.03 Å². The quantitative estimate of drug-likeness (QED) is 0.582. The van der Waals surface area contributed by atoms with Crippen LogP contribution in [0.5, 0.6) is 0 Å². The van der Waals surface area contributed by atoms with E-state index in [4.69, 9.17) is 27.9 Å². The number of ether oxygens (including phenoxy) is 1. The number of H-pyrrole nitrogens is 1. The van der Waals surface area contributed by atoms with Crippen molar-refractivity contribution in [3.8, 4) is 0 Å². The number of pyridine rings is 1. The topological polar surface area (TPSA) is 74.4 Å². The van der Waals surface area contributed by atoms with Gasteiger partial charge in [-0.15, -0.1) is 0 Å². The largest absolute Gasteiger partial charge is 0.373 e. The zero-order valence-electron chi connectivity index (χ0n) is 15.6. The van der Waals surface area contributed by atoms with Crippen molar-refractivity contribution in [3.05, 3.63) is 73.6 Å². The lowest BCUT2D eigenvalue weighted by molar-refractivity contribution is 0.0527. The number of carbonyl (C=O) groups excluding carboxylic acids is 1. The zero-order chi connectivity index (χ0) is 21.6. The Morgan fingerprint density at radius 2 is 1.87 bits per heavy atom. The molecule has 0 saturated carbocycles. The Morgan fingerprint density at radius 3 is 2.57 bits per heavy atom. The number of benzene rings is 2. The number of hydrogen-bond acceptors (Lipinski definition) is 3. The van der Waals surface area contributed by atoms with Crippen LogP contribution in [-0.2, 0) is 11.3 Å². The molecule has 30 heavy (non-hydrogen) atoms. The lowest BCUT2D eigenvalue weighted by atomic mass is 9.95. The molecule has 4 rings (SSSR count). The van der Waals surface area contributed by atoms with Crippen LogP contribution in [0.25, 0.3) is 10.8 Å². The van der Waals surface area contributed by atoms with E-state index < -0.39 is 29.3 Å². The van der Waals surface area contributed by atoms with Gasteiger partial charge < -0.3 is 19.9 Å². The van der Waals surface area contributed by atoms with Gasteiger partial charge in [-0.2, -0.15) is 0 Å². The van der Waals surface area contributed by atoms with Gasteiger partial charge in [0.25, 0.3) is 5.56 Å². The van der Waals surface area contributed by atoms with Crippen LogP contribution in [-0.4, -0.2) is 29.6 Å². The molecule has 2 N–H and O–H groups in total. The summed E-state index contributed by atoms with van der Waals surface area (Å²) in [4.78, 5) is 29.1. The van der Waals surface area contributed by atoms with Gasteiger partial charge in [0, 0.05) is 24.0 Å². The summed E-state index contributed by atoms with van der Waals surface area (Å²) in [7, 11) is 1.53. The van der Waals surface area contributed by atoms with Crippen molar-refractivity contribution >= 4 is 45.7 Å². The second kappa shape index (κ2) is 7.86. The molecular weight excluding hydrogens is 439 g/mol. The normalized spacial score (nSPS) is 15.7. The number of aromatic nitrogens is 1. The number of anilines is 1. The van der Waals surface area contributed by atoms with Crippen LogP contribution < -0.4 is 10.9 Å². The van der Waals surface area contributed by atoms with Gasteiger partial charge in [-0.25, -0.2) is 13.6 Å². The van der Waals surface area contributed by atoms with E-state index in [0.29, 0.717) is 22.0 Å². The van der Waals surface area contributed by atoms with Gasteiger partial charge in [0.15, 0.2) is 11.6 Å². The average molecular weight is 454 g/mol. The maximum absolute atomic E-state index is 14.0. The fourth-order valence-electron chi connectivity index (χ4n) is 3.47. The van der Waals surface area contributed by atoms with Crippen LogP contribution in [0.4, 0.5) is 19.3 Å². The number of likely N-dealkylation sites (N-methyl/N-ethyl adjacent to an activating group) is 1. The minimum Gasteiger partial charge on any atom is -0.373 e. The molecule has 3 aromatic rings. The highest BCUT2D eigenvalue weighted by atomic mass is 35.5. The van der Waals surface area contributed by atoms with Crippen molar-refractivity contribution in [1.82, 2.24) is 9.88 Å². The number of hydrogen-bond donors (Lipinski definition) is 2. The Morgan fingerprint density at radius 1 is 1.17 bits per heavy atom. The first kappa shape index (κ1) is 20.6. The molecule has 0 aliphatic carbocycles. The summed E-state index contributed by atoms with van der Waals surface area (Å²) in [5.74, 6) is -2.20. The summed E-state index contributed by atoms with van der Waals surface area (Å²) >= 11 is 11.9. The number of carbonyl (C=O) groups is 1. The minimum absolute atomic E-state index is 0.00200. The molecule has 1 aliphatic heterocycles. The van der Waals surface area contributed by atoms with Crippen LogP contribution in [0.3, 0.4) is 0 Å². The second-order valence-electron chi connectivity index (χ2n) is 6.86. The van der Waals surface area contributed by atoms with Crippen molar-refractivity contribution in [1.29, 1.82) is 0 Å². The highest BCUT2D eigenvalue weighted by Crippen LogP contribution is 2.34. The monoisotopic (exact) mass is 453 g/mol. The van der Waals surface area contributed by atoms with Crippen LogP contribution in [0, 0.1) is 11.6 Å². The summed E-state index contributed by atoms with van der Waals surface area (Å²) in [5.41, 5.74) is 0.776. The van der Waals surface area contributed by atoms with E-state index in [9.17, 15) is 18.4 Å². The van der Waals surface area contributed by atoms with Gasteiger partial charge in [0.05, 0.1) is 34.7 Å². The highest BCUT2D eigenvalue weighted by molar-refractivity contribution is 6.42. The Bertz CT molecular complexity index is 1230. The molecule has 1 aromatic heterocycles. The molecule has 2 aromatic carbocycles. The first-order valence-corrected chi connectivity index (χ1v) is 9.62. The van der Waals surface area contributed by atoms with Crippen molar-refractivity contribution in [3.63, 3.8) is 0 Å². The molecule has 1 aliphatic rings. The summed E-state index contributed by atoms with van der Waals surface area (Å²) in [6.07, 6.45) is 0. The fraction of sp³-hybridized carbons (Fsp3) is 0.200. The van der Waals surface area contributed by atoms with E-state index in [1.54, 1.807) is 12.1 Å². The molecular formula is C20H15Cl2F2N3O3. The highest BCUT2D eigenvalue weighted by Gasteiger charge is 2.31. The molecule has 2 heterocycles. The van der Waals surface area contributed by atoms with Gasteiger partial charge in [-0.05, 0) is 35.7 Å². The molecule has 10 heteroatoms. The fourth-order valence-corrected chi connectivity index (χ4v) is 3.77. The van der Waals surface area contributed by atoms with E-state index in [-0.39, 0.29) is 29.0 Å². The molecule has 0 saturated heterocycles. The number of nitrogens with zero attached hydrogens (tertiary/aromatic N) is 1. The lowest BCUT2D eigenvalue weighted by Gasteiger charge is -2.33. The number of rotatable bonds is 2. The van der Waals surface area contributed by atoms with Crippen LogP contribution in [0.15, 0.2) is 35.1 Å². The second-order valence-corrected chi connectivity index (χ2v) is 7.67. The summed E-state index contributed by atoms with van der Waals surface area (Å²) in [6.45, 7) is 0.191. The average Bonchev–Trinajstić information content (AvgIpc) is 2.71. The first-order valence-electron chi connectivity index (χ1n) is 8.86. The van der Waals surface area contributed by atoms with Crippen LogP contribution in [0.1, 0.15) is 17.3 Å². The van der Waals surface area contributed by atoms with Gasteiger partial charge in [0.1, 0.15) is 0 Å². The Balaban J connectivity index is 1.73. The van der Waals surface area contributed by atoms with Crippen molar-refractivity contribution in [2.75, 3.05) is 19.0 Å². The van der Waals surface area contributed by atoms with Crippen molar-refractivity contribution in [2.24, 2.45) is 0 Å². The maximum Gasteiger partial charge on any atom is 0.322 e. The van der Waals surface area contributed by atoms with Crippen LogP contribution >= 0.6 is 23.2 Å². The molecule has 0 spiro atoms. The summed E-state index contributed by atoms with van der Waals surface area (Å²) in [6, 6.07) is 5.34. The molecule has 1 atom stereocenters. The SMILES string of the molecule is CN(C(=O)Nc1ccc(Cl)c(Cl)c1)[C@H]1COCc2[nH]c(=O)c3cc(F)c(F)cc3c21. The van der Waals surface area contributed by atoms with E-state index in [1.165, 1.54) is 18.0 Å². The molecule has 156 valence electrons. The van der Waals surface area contributed by atoms with Gasteiger partial charge in [-0.1, -0.05) is 23.2 Å². The Hall–Kier alpha value is -2.68. The third-order valence-electron chi connectivity index (χ3n) is 5.00. The minimum atomic E-state index is -1.12.